The molecule has 2 unspecified atom stereocenters. The van der Waals surface area contributed by atoms with Crippen molar-refractivity contribution in [3.8, 4) is 0 Å². The first-order valence-electron chi connectivity index (χ1n) is 5.93. The molecule has 4 heteroatoms. The summed E-state index contributed by atoms with van der Waals surface area (Å²) in [4.78, 5) is 0. The van der Waals surface area contributed by atoms with Crippen LogP contribution in [0.15, 0.2) is 22.7 Å². The largest absolute Gasteiger partial charge is 0.381 e. The molecular weight excluding hydrogens is 285 g/mol. The van der Waals surface area contributed by atoms with E-state index < -0.39 is 0 Å². The summed E-state index contributed by atoms with van der Waals surface area (Å²) in [6.07, 6.45) is 1.10. The molecule has 0 aromatic heterocycles. The van der Waals surface area contributed by atoms with E-state index in [0.29, 0.717) is 11.5 Å². The third-order valence-corrected chi connectivity index (χ3v) is 3.65. The average Bonchev–Trinajstić information content (AvgIpc) is 2.82. The molecule has 17 heavy (non-hydrogen) atoms. The van der Waals surface area contributed by atoms with Crippen LogP contribution in [0.3, 0.4) is 0 Å². The van der Waals surface area contributed by atoms with E-state index >= 15 is 0 Å². The summed E-state index contributed by atoms with van der Waals surface area (Å²) in [5.74, 6) is 0.406. The molecule has 94 valence electrons. The second-order valence-corrected chi connectivity index (χ2v) is 5.44. The van der Waals surface area contributed by atoms with E-state index in [1.54, 1.807) is 6.07 Å². The molecule has 1 N–H and O–H groups in total. The minimum Gasteiger partial charge on any atom is -0.381 e. The van der Waals surface area contributed by atoms with Gasteiger partial charge in [-0.1, -0.05) is 15.9 Å². The standard InChI is InChI=1S/C13H17BrFNO/c1-9(16-7-10-4-5-17-8-10)12-6-11(14)2-3-13(12)15/h2-3,6,9-10,16H,4-5,7-8H2,1H3. The summed E-state index contributed by atoms with van der Waals surface area (Å²) < 4.78 is 19.9. The molecule has 0 bridgehead atoms. The number of hydrogen-bond donors (Lipinski definition) is 1. The Morgan fingerprint density at radius 1 is 1.59 bits per heavy atom. The topological polar surface area (TPSA) is 21.3 Å². The van der Waals surface area contributed by atoms with Crippen molar-refractivity contribution in [1.82, 2.24) is 5.32 Å². The lowest BCUT2D eigenvalue weighted by molar-refractivity contribution is 0.184. The second kappa shape index (κ2) is 5.94. The number of halogens is 2. The van der Waals surface area contributed by atoms with Crippen LogP contribution < -0.4 is 5.32 Å². The van der Waals surface area contributed by atoms with Crippen molar-refractivity contribution < 1.29 is 9.13 Å². The lowest BCUT2D eigenvalue weighted by atomic mass is 10.1. The van der Waals surface area contributed by atoms with Gasteiger partial charge in [-0.3, -0.25) is 0 Å². The van der Waals surface area contributed by atoms with Crippen molar-refractivity contribution in [2.24, 2.45) is 5.92 Å². The number of rotatable bonds is 4. The summed E-state index contributed by atoms with van der Waals surface area (Å²) >= 11 is 3.37. The Balaban J connectivity index is 1.93. The molecule has 1 aliphatic heterocycles. The molecule has 1 saturated heterocycles. The highest BCUT2D eigenvalue weighted by Gasteiger charge is 2.17. The minimum atomic E-state index is -0.157. The van der Waals surface area contributed by atoms with Crippen LogP contribution in [0.25, 0.3) is 0 Å². The molecule has 1 aromatic rings. The van der Waals surface area contributed by atoms with Crippen molar-refractivity contribution in [1.29, 1.82) is 0 Å². The molecule has 2 rings (SSSR count). The zero-order valence-electron chi connectivity index (χ0n) is 9.88. The van der Waals surface area contributed by atoms with Gasteiger partial charge >= 0.3 is 0 Å². The summed E-state index contributed by atoms with van der Waals surface area (Å²) in [6.45, 7) is 4.54. The molecule has 0 spiro atoms. The van der Waals surface area contributed by atoms with Crippen LogP contribution in [0.2, 0.25) is 0 Å². The number of ether oxygens (including phenoxy) is 1. The van der Waals surface area contributed by atoms with Gasteiger partial charge < -0.3 is 10.1 Å². The van der Waals surface area contributed by atoms with Crippen LogP contribution in [-0.2, 0) is 4.74 Å². The molecule has 0 radical (unpaired) electrons. The van der Waals surface area contributed by atoms with Crippen LogP contribution in [0.1, 0.15) is 24.9 Å². The predicted molar refractivity (Wildman–Crippen MR) is 69.4 cm³/mol. The Bertz CT molecular complexity index is 380. The van der Waals surface area contributed by atoms with Crippen molar-refractivity contribution in [2.75, 3.05) is 19.8 Å². The van der Waals surface area contributed by atoms with Gasteiger partial charge in [0.25, 0.3) is 0 Å². The monoisotopic (exact) mass is 301 g/mol. The fourth-order valence-corrected chi connectivity index (χ4v) is 2.42. The van der Waals surface area contributed by atoms with Crippen LogP contribution in [0.5, 0.6) is 0 Å². The fraction of sp³-hybridized carbons (Fsp3) is 0.538. The zero-order valence-corrected chi connectivity index (χ0v) is 11.5. The van der Waals surface area contributed by atoms with Crippen molar-refractivity contribution >= 4 is 15.9 Å². The van der Waals surface area contributed by atoms with Gasteiger partial charge in [-0.05, 0) is 37.5 Å². The van der Waals surface area contributed by atoms with Crippen LogP contribution in [0.4, 0.5) is 4.39 Å². The smallest absolute Gasteiger partial charge is 0.128 e. The molecule has 2 nitrogen and oxygen atoms in total. The summed E-state index contributed by atoms with van der Waals surface area (Å²) in [6, 6.07) is 5.07. The van der Waals surface area contributed by atoms with E-state index in [0.717, 1.165) is 30.7 Å². The van der Waals surface area contributed by atoms with Gasteiger partial charge in [0, 0.05) is 29.2 Å². The SMILES string of the molecule is CC(NCC1CCOC1)c1cc(Br)ccc1F. The lowest BCUT2D eigenvalue weighted by Crippen LogP contribution is -2.26. The van der Waals surface area contributed by atoms with Gasteiger partial charge in [-0.25, -0.2) is 4.39 Å². The number of hydrogen-bond acceptors (Lipinski definition) is 2. The van der Waals surface area contributed by atoms with Crippen LogP contribution in [0, 0.1) is 11.7 Å². The maximum Gasteiger partial charge on any atom is 0.128 e. The predicted octanol–water partition coefficient (Wildman–Crippen LogP) is 3.28. The highest BCUT2D eigenvalue weighted by molar-refractivity contribution is 9.10. The van der Waals surface area contributed by atoms with Gasteiger partial charge in [0.05, 0.1) is 6.61 Å². The molecule has 1 fully saturated rings. The summed E-state index contributed by atoms with van der Waals surface area (Å²) in [7, 11) is 0. The highest BCUT2D eigenvalue weighted by Crippen LogP contribution is 2.22. The summed E-state index contributed by atoms with van der Waals surface area (Å²) in [5, 5.41) is 3.37. The molecule has 0 saturated carbocycles. The summed E-state index contributed by atoms with van der Waals surface area (Å²) in [5.41, 5.74) is 0.707. The van der Waals surface area contributed by atoms with E-state index in [9.17, 15) is 4.39 Å². The van der Waals surface area contributed by atoms with Gasteiger partial charge in [-0.15, -0.1) is 0 Å². The Kier molecular flexibility index (Phi) is 4.54. The quantitative estimate of drug-likeness (QED) is 0.921. The van der Waals surface area contributed by atoms with Crippen LogP contribution >= 0.6 is 15.9 Å². The van der Waals surface area contributed by atoms with E-state index in [1.165, 1.54) is 6.07 Å². The first-order chi connectivity index (χ1) is 8.16. The molecule has 1 heterocycles. The van der Waals surface area contributed by atoms with Crippen LogP contribution in [-0.4, -0.2) is 19.8 Å². The third kappa shape index (κ3) is 3.50. The van der Waals surface area contributed by atoms with Crippen molar-refractivity contribution in [3.63, 3.8) is 0 Å². The molecule has 2 atom stereocenters. The van der Waals surface area contributed by atoms with E-state index in [4.69, 9.17) is 4.74 Å². The Labute approximate surface area is 110 Å². The minimum absolute atomic E-state index is 0.0214. The first-order valence-corrected chi connectivity index (χ1v) is 6.72. The van der Waals surface area contributed by atoms with Gasteiger partial charge in [0.1, 0.15) is 5.82 Å². The molecule has 0 amide bonds. The molecule has 1 aliphatic rings. The van der Waals surface area contributed by atoms with E-state index in [-0.39, 0.29) is 11.9 Å². The fourth-order valence-electron chi connectivity index (χ4n) is 2.04. The lowest BCUT2D eigenvalue weighted by Gasteiger charge is -2.17. The van der Waals surface area contributed by atoms with Gasteiger partial charge in [0.15, 0.2) is 0 Å². The first kappa shape index (κ1) is 13.0. The Hall–Kier alpha value is -0.450. The number of nitrogens with one attached hydrogen (secondary N) is 1. The molecular formula is C13H17BrFNO. The molecule has 0 aliphatic carbocycles. The maximum atomic E-state index is 13.6. The van der Waals surface area contributed by atoms with Gasteiger partial charge in [-0.2, -0.15) is 0 Å². The maximum absolute atomic E-state index is 13.6. The normalized spacial score (nSPS) is 21.7. The third-order valence-electron chi connectivity index (χ3n) is 3.16. The Morgan fingerprint density at radius 2 is 2.41 bits per heavy atom. The second-order valence-electron chi connectivity index (χ2n) is 4.53. The zero-order chi connectivity index (χ0) is 12.3. The van der Waals surface area contributed by atoms with Gasteiger partial charge in [0.2, 0.25) is 0 Å². The Morgan fingerprint density at radius 3 is 3.12 bits per heavy atom. The number of benzene rings is 1. The average molecular weight is 302 g/mol. The van der Waals surface area contributed by atoms with E-state index in [1.807, 2.05) is 13.0 Å². The highest BCUT2D eigenvalue weighted by atomic mass is 79.9. The van der Waals surface area contributed by atoms with E-state index in [2.05, 4.69) is 21.2 Å². The van der Waals surface area contributed by atoms with Crippen molar-refractivity contribution in [3.05, 3.63) is 34.1 Å². The van der Waals surface area contributed by atoms with Crippen molar-refractivity contribution in [2.45, 2.75) is 19.4 Å². The molecule has 1 aromatic carbocycles.